The van der Waals surface area contributed by atoms with Gasteiger partial charge in [0.25, 0.3) is 0 Å². The largest absolute Gasteiger partial charge is 0.508 e. The minimum atomic E-state index is 0.419. The molecule has 3 nitrogen and oxygen atoms in total. The van der Waals surface area contributed by atoms with Gasteiger partial charge in [0.15, 0.2) is 0 Å². The van der Waals surface area contributed by atoms with E-state index in [9.17, 15) is 5.11 Å². The summed E-state index contributed by atoms with van der Waals surface area (Å²) in [6.07, 6.45) is 2.51. The van der Waals surface area contributed by atoms with Gasteiger partial charge in [-0.15, -0.1) is 0 Å². The summed E-state index contributed by atoms with van der Waals surface area (Å²) >= 11 is 0. The molecule has 2 N–H and O–H groups in total. The van der Waals surface area contributed by atoms with Crippen molar-refractivity contribution in [3.63, 3.8) is 0 Å². The normalized spacial score (nSPS) is 20.3. The molecule has 1 aliphatic heterocycles. The molecular weight excluding hydrogens is 224 g/mol. The highest BCUT2D eigenvalue weighted by Crippen LogP contribution is 2.22. The SMILES string of the molecule is CCN(Cc1cc(C)ccc1O)C1CCCNC1. The fourth-order valence-electron chi connectivity index (χ4n) is 2.70. The molecule has 3 heteroatoms. The lowest BCUT2D eigenvalue weighted by molar-refractivity contribution is 0.164. The van der Waals surface area contributed by atoms with Crippen LogP contribution in [0.15, 0.2) is 18.2 Å². The quantitative estimate of drug-likeness (QED) is 0.858. The summed E-state index contributed by atoms with van der Waals surface area (Å²) in [6, 6.07) is 6.45. The Morgan fingerprint density at radius 2 is 2.28 bits per heavy atom. The fraction of sp³-hybridized carbons (Fsp3) is 0.600. The average Bonchev–Trinajstić information content (AvgIpc) is 2.41. The molecule has 0 aliphatic carbocycles. The highest BCUT2D eigenvalue weighted by Gasteiger charge is 2.20. The average molecular weight is 248 g/mol. The monoisotopic (exact) mass is 248 g/mol. The number of nitrogens with one attached hydrogen (secondary N) is 1. The van der Waals surface area contributed by atoms with Gasteiger partial charge in [-0.3, -0.25) is 4.90 Å². The van der Waals surface area contributed by atoms with E-state index in [0.29, 0.717) is 11.8 Å². The summed E-state index contributed by atoms with van der Waals surface area (Å²) in [7, 11) is 0. The van der Waals surface area contributed by atoms with Crippen LogP contribution in [0.4, 0.5) is 0 Å². The number of aromatic hydroxyl groups is 1. The Bertz CT molecular complexity index is 386. The summed E-state index contributed by atoms with van der Waals surface area (Å²) in [5, 5.41) is 13.4. The smallest absolute Gasteiger partial charge is 0.120 e. The Balaban J connectivity index is 2.06. The van der Waals surface area contributed by atoms with Crippen LogP contribution in [-0.2, 0) is 6.54 Å². The lowest BCUT2D eigenvalue weighted by Crippen LogP contribution is -2.45. The minimum absolute atomic E-state index is 0.419. The van der Waals surface area contributed by atoms with Crippen molar-refractivity contribution in [2.24, 2.45) is 0 Å². The van der Waals surface area contributed by atoms with Gasteiger partial charge in [-0.1, -0.05) is 24.6 Å². The van der Waals surface area contributed by atoms with Crippen molar-refractivity contribution in [1.82, 2.24) is 10.2 Å². The molecule has 1 aliphatic rings. The van der Waals surface area contributed by atoms with E-state index in [1.165, 1.54) is 18.4 Å². The van der Waals surface area contributed by atoms with Gasteiger partial charge in [-0.05, 0) is 38.9 Å². The number of aryl methyl sites for hydroxylation is 1. The molecule has 0 bridgehead atoms. The Labute approximate surface area is 110 Å². The maximum atomic E-state index is 9.94. The predicted octanol–water partition coefficient (Wildman–Crippen LogP) is 2.27. The molecule has 1 aromatic rings. The number of phenols is 1. The first-order valence-corrected chi connectivity index (χ1v) is 6.94. The summed E-state index contributed by atoms with van der Waals surface area (Å²) < 4.78 is 0. The zero-order valence-electron chi connectivity index (χ0n) is 11.4. The van der Waals surface area contributed by atoms with Crippen LogP contribution in [0.2, 0.25) is 0 Å². The highest BCUT2D eigenvalue weighted by molar-refractivity contribution is 5.35. The van der Waals surface area contributed by atoms with Crippen LogP contribution in [0, 0.1) is 6.92 Å². The molecule has 1 unspecified atom stereocenters. The molecule has 1 heterocycles. The van der Waals surface area contributed by atoms with Crippen LogP contribution in [0.3, 0.4) is 0 Å². The zero-order valence-corrected chi connectivity index (χ0v) is 11.4. The molecule has 0 saturated carbocycles. The molecular formula is C15H24N2O. The summed E-state index contributed by atoms with van der Waals surface area (Å²) in [5.74, 6) is 0.419. The van der Waals surface area contributed by atoms with Gasteiger partial charge in [-0.2, -0.15) is 0 Å². The van der Waals surface area contributed by atoms with Gasteiger partial charge in [-0.25, -0.2) is 0 Å². The fourth-order valence-corrected chi connectivity index (χ4v) is 2.70. The number of likely N-dealkylation sites (N-methyl/N-ethyl adjacent to an activating group) is 1. The molecule has 1 atom stereocenters. The highest BCUT2D eigenvalue weighted by atomic mass is 16.3. The summed E-state index contributed by atoms with van der Waals surface area (Å²) in [4.78, 5) is 2.46. The Morgan fingerprint density at radius 3 is 2.94 bits per heavy atom. The van der Waals surface area contributed by atoms with Crippen LogP contribution < -0.4 is 5.32 Å². The van der Waals surface area contributed by atoms with Gasteiger partial charge in [0.05, 0.1) is 0 Å². The maximum absolute atomic E-state index is 9.94. The Morgan fingerprint density at radius 1 is 1.44 bits per heavy atom. The molecule has 100 valence electrons. The van der Waals surface area contributed by atoms with Crippen molar-refractivity contribution in [2.75, 3.05) is 19.6 Å². The third-order valence-corrected chi connectivity index (χ3v) is 3.80. The number of nitrogens with zero attached hydrogens (tertiary/aromatic N) is 1. The molecule has 1 saturated heterocycles. The minimum Gasteiger partial charge on any atom is -0.508 e. The van der Waals surface area contributed by atoms with Crippen molar-refractivity contribution >= 4 is 0 Å². The predicted molar refractivity (Wildman–Crippen MR) is 74.8 cm³/mol. The van der Waals surface area contributed by atoms with Gasteiger partial charge in [0.1, 0.15) is 5.75 Å². The lowest BCUT2D eigenvalue weighted by Gasteiger charge is -2.34. The zero-order chi connectivity index (χ0) is 13.0. The molecule has 1 fully saturated rings. The molecule has 0 radical (unpaired) electrons. The second-order valence-electron chi connectivity index (χ2n) is 5.20. The molecule has 0 aromatic heterocycles. The van der Waals surface area contributed by atoms with E-state index in [1.54, 1.807) is 6.07 Å². The summed E-state index contributed by atoms with van der Waals surface area (Å²) in [6.45, 7) is 8.35. The van der Waals surface area contributed by atoms with Crippen LogP contribution in [0.25, 0.3) is 0 Å². The van der Waals surface area contributed by atoms with Crippen molar-refractivity contribution in [3.8, 4) is 5.75 Å². The van der Waals surface area contributed by atoms with E-state index < -0.39 is 0 Å². The van der Waals surface area contributed by atoms with Crippen molar-refractivity contribution in [1.29, 1.82) is 0 Å². The third kappa shape index (κ3) is 3.24. The van der Waals surface area contributed by atoms with E-state index in [4.69, 9.17) is 0 Å². The van der Waals surface area contributed by atoms with Gasteiger partial charge in [0.2, 0.25) is 0 Å². The number of benzene rings is 1. The maximum Gasteiger partial charge on any atom is 0.120 e. The van der Waals surface area contributed by atoms with Crippen molar-refractivity contribution < 1.29 is 5.11 Å². The van der Waals surface area contributed by atoms with E-state index in [-0.39, 0.29) is 0 Å². The van der Waals surface area contributed by atoms with Crippen LogP contribution in [0.5, 0.6) is 5.75 Å². The third-order valence-electron chi connectivity index (χ3n) is 3.80. The Kier molecular flexibility index (Phi) is 4.61. The van der Waals surface area contributed by atoms with Crippen LogP contribution >= 0.6 is 0 Å². The first kappa shape index (κ1) is 13.4. The standard InChI is InChI=1S/C15H24N2O/c1-3-17(14-5-4-8-16-10-14)11-13-9-12(2)6-7-15(13)18/h6-7,9,14,16,18H,3-5,8,10-11H2,1-2H3. The number of phenolic OH excluding ortho intramolecular Hbond substituents is 1. The number of piperidine rings is 1. The number of rotatable bonds is 4. The first-order chi connectivity index (χ1) is 8.70. The van der Waals surface area contributed by atoms with Crippen LogP contribution in [-0.4, -0.2) is 35.7 Å². The topological polar surface area (TPSA) is 35.5 Å². The molecule has 2 rings (SSSR count). The number of hydrogen-bond donors (Lipinski definition) is 2. The van der Waals surface area contributed by atoms with E-state index in [1.807, 2.05) is 6.07 Å². The van der Waals surface area contributed by atoms with Gasteiger partial charge in [0, 0.05) is 24.7 Å². The Hall–Kier alpha value is -1.06. The summed E-state index contributed by atoms with van der Waals surface area (Å²) in [5.41, 5.74) is 2.25. The van der Waals surface area contributed by atoms with Crippen LogP contribution in [0.1, 0.15) is 30.9 Å². The van der Waals surface area contributed by atoms with E-state index >= 15 is 0 Å². The van der Waals surface area contributed by atoms with Crippen molar-refractivity contribution in [2.45, 2.75) is 39.3 Å². The van der Waals surface area contributed by atoms with Gasteiger partial charge < -0.3 is 10.4 Å². The van der Waals surface area contributed by atoms with Gasteiger partial charge >= 0.3 is 0 Å². The second-order valence-corrected chi connectivity index (χ2v) is 5.20. The van der Waals surface area contributed by atoms with Crippen molar-refractivity contribution in [3.05, 3.63) is 29.3 Å². The second kappa shape index (κ2) is 6.21. The lowest BCUT2D eigenvalue weighted by atomic mass is 10.0. The molecule has 18 heavy (non-hydrogen) atoms. The number of hydrogen-bond acceptors (Lipinski definition) is 3. The first-order valence-electron chi connectivity index (χ1n) is 6.94. The molecule has 0 amide bonds. The van der Waals surface area contributed by atoms with E-state index in [0.717, 1.165) is 31.7 Å². The van der Waals surface area contributed by atoms with E-state index in [2.05, 4.69) is 30.1 Å². The molecule has 1 aromatic carbocycles. The molecule has 0 spiro atoms.